The number of anilines is 1. The number of hydrogen-bond acceptors (Lipinski definition) is 4. The van der Waals surface area contributed by atoms with E-state index in [1.54, 1.807) is 12.1 Å². The van der Waals surface area contributed by atoms with E-state index in [4.69, 9.17) is 14.2 Å². The molecule has 0 spiro atoms. The highest BCUT2D eigenvalue weighted by molar-refractivity contribution is 6.06. The molecular weight excluding hydrogens is 390 g/mol. The number of nitrogens with one attached hydrogen (secondary N) is 1. The number of para-hydroxylation sites is 2. The highest BCUT2D eigenvalue weighted by Gasteiger charge is 2.13. The maximum absolute atomic E-state index is 12.8. The summed E-state index contributed by atoms with van der Waals surface area (Å²) in [5, 5.41) is 2.92. The van der Waals surface area contributed by atoms with Crippen LogP contribution >= 0.6 is 0 Å². The second-order valence-corrected chi connectivity index (χ2v) is 7.52. The first-order valence-electron chi connectivity index (χ1n) is 10.6. The van der Waals surface area contributed by atoms with Gasteiger partial charge in [0, 0.05) is 11.8 Å². The van der Waals surface area contributed by atoms with Crippen LogP contribution in [0, 0.1) is 5.92 Å². The highest BCUT2D eigenvalue weighted by atomic mass is 16.5. The normalized spacial score (nSPS) is 10.5. The lowest BCUT2D eigenvalue weighted by Gasteiger charge is -2.13. The largest absolute Gasteiger partial charge is 0.493 e. The summed E-state index contributed by atoms with van der Waals surface area (Å²) in [6.45, 7) is 5.70. The van der Waals surface area contributed by atoms with E-state index in [-0.39, 0.29) is 5.91 Å². The third-order valence-electron chi connectivity index (χ3n) is 4.54. The average Bonchev–Trinajstić information content (AvgIpc) is 2.78. The third kappa shape index (κ3) is 7.37. The molecule has 31 heavy (non-hydrogen) atoms. The number of rotatable bonds is 11. The predicted octanol–water partition coefficient (Wildman–Crippen LogP) is 5.82. The van der Waals surface area contributed by atoms with E-state index >= 15 is 0 Å². The zero-order chi connectivity index (χ0) is 21.9. The average molecular weight is 420 g/mol. The minimum absolute atomic E-state index is 0.218. The van der Waals surface area contributed by atoms with Crippen LogP contribution in [0.3, 0.4) is 0 Å². The maximum atomic E-state index is 12.8. The molecule has 0 saturated carbocycles. The molecule has 0 atom stereocenters. The SMILES string of the molecule is CC(C)CCOc1ccccc1C(=O)Nc1cccc(OCCOc2ccccc2)c1. The summed E-state index contributed by atoms with van der Waals surface area (Å²) < 4.78 is 17.2. The van der Waals surface area contributed by atoms with E-state index in [0.717, 1.165) is 12.2 Å². The molecule has 5 heteroatoms. The van der Waals surface area contributed by atoms with Crippen LogP contribution < -0.4 is 19.5 Å². The minimum atomic E-state index is -0.218. The van der Waals surface area contributed by atoms with Gasteiger partial charge in [-0.3, -0.25) is 4.79 Å². The second kappa shape index (κ2) is 11.6. The van der Waals surface area contributed by atoms with Crippen molar-refractivity contribution >= 4 is 11.6 Å². The van der Waals surface area contributed by atoms with Gasteiger partial charge in [-0.1, -0.05) is 50.2 Å². The number of amides is 1. The van der Waals surface area contributed by atoms with Crippen molar-refractivity contribution in [3.05, 3.63) is 84.4 Å². The fourth-order valence-electron chi connectivity index (χ4n) is 2.88. The first kappa shape index (κ1) is 22.2. The Morgan fingerprint density at radius 1 is 0.774 bits per heavy atom. The molecule has 0 saturated heterocycles. The Bertz CT molecular complexity index is 956. The van der Waals surface area contributed by atoms with Gasteiger partial charge in [-0.2, -0.15) is 0 Å². The van der Waals surface area contributed by atoms with Crippen LogP contribution in [0.1, 0.15) is 30.6 Å². The molecule has 1 N–H and O–H groups in total. The molecule has 162 valence electrons. The zero-order valence-electron chi connectivity index (χ0n) is 18.0. The van der Waals surface area contributed by atoms with Crippen molar-refractivity contribution in [2.75, 3.05) is 25.1 Å². The van der Waals surface area contributed by atoms with Crippen molar-refractivity contribution in [3.63, 3.8) is 0 Å². The van der Waals surface area contributed by atoms with Gasteiger partial charge in [-0.25, -0.2) is 0 Å². The smallest absolute Gasteiger partial charge is 0.259 e. The molecule has 3 rings (SSSR count). The Kier molecular flexibility index (Phi) is 8.35. The summed E-state index contributed by atoms with van der Waals surface area (Å²) in [6, 6.07) is 24.2. The molecular formula is C26H29NO4. The third-order valence-corrected chi connectivity index (χ3v) is 4.54. The molecule has 0 unspecified atom stereocenters. The number of ether oxygens (including phenoxy) is 3. The topological polar surface area (TPSA) is 56.8 Å². The monoisotopic (exact) mass is 419 g/mol. The van der Waals surface area contributed by atoms with Crippen molar-refractivity contribution < 1.29 is 19.0 Å². The van der Waals surface area contributed by atoms with E-state index in [2.05, 4.69) is 19.2 Å². The van der Waals surface area contributed by atoms with Gasteiger partial charge >= 0.3 is 0 Å². The summed E-state index contributed by atoms with van der Waals surface area (Å²) in [4.78, 5) is 12.8. The van der Waals surface area contributed by atoms with Gasteiger partial charge < -0.3 is 19.5 Å². The molecule has 5 nitrogen and oxygen atoms in total. The summed E-state index contributed by atoms with van der Waals surface area (Å²) >= 11 is 0. The van der Waals surface area contributed by atoms with Gasteiger partial charge in [-0.15, -0.1) is 0 Å². The van der Waals surface area contributed by atoms with E-state index < -0.39 is 0 Å². The van der Waals surface area contributed by atoms with E-state index in [1.807, 2.05) is 66.7 Å². The van der Waals surface area contributed by atoms with E-state index in [1.165, 1.54) is 0 Å². The second-order valence-electron chi connectivity index (χ2n) is 7.52. The van der Waals surface area contributed by atoms with Gasteiger partial charge in [0.15, 0.2) is 0 Å². The fraction of sp³-hybridized carbons (Fsp3) is 0.269. The molecule has 0 bridgehead atoms. The Morgan fingerprint density at radius 3 is 2.23 bits per heavy atom. The van der Waals surface area contributed by atoms with Crippen LogP contribution in [0.25, 0.3) is 0 Å². The first-order chi connectivity index (χ1) is 15.1. The molecule has 1 amide bonds. The van der Waals surface area contributed by atoms with Crippen LogP contribution in [0.5, 0.6) is 17.2 Å². The lowest BCUT2D eigenvalue weighted by molar-refractivity contribution is 0.102. The van der Waals surface area contributed by atoms with Crippen molar-refractivity contribution in [1.82, 2.24) is 0 Å². The zero-order valence-corrected chi connectivity index (χ0v) is 18.0. The Balaban J connectivity index is 1.54. The molecule has 0 aliphatic rings. The number of benzene rings is 3. The molecule has 0 heterocycles. The maximum Gasteiger partial charge on any atom is 0.259 e. The summed E-state index contributed by atoms with van der Waals surface area (Å²) in [7, 11) is 0. The highest BCUT2D eigenvalue weighted by Crippen LogP contribution is 2.22. The lowest BCUT2D eigenvalue weighted by atomic mass is 10.1. The first-order valence-corrected chi connectivity index (χ1v) is 10.6. The van der Waals surface area contributed by atoms with Crippen LogP contribution in [0.2, 0.25) is 0 Å². The molecule has 0 aliphatic carbocycles. The van der Waals surface area contributed by atoms with Crippen LogP contribution in [-0.4, -0.2) is 25.7 Å². The molecule has 0 fully saturated rings. The number of carbonyl (C=O) groups is 1. The van der Waals surface area contributed by atoms with Crippen molar-refractivity contribution in [2.24, 2.45) is 5.92 Å². The summed E-state index contributed by atoms with van der Waals surface area (Å²) in [6.07, 6.45) is 0.934. The Labute approximate surface area is 184 Å². The van der Waals surface area contributed by atoms with Gasteiger partial charge in [0.25, 0.3) is 5.91 Å². The summed E-state index contributed by atoms with van der Waals surface area (Å²) in [5.41, 5.74) is 1.16. The molecule has 0 aromatic heterocycles. The predicted molar refractivity (Wildman–Crippen MR) is 123 cm³/mol. The molecule has 0 aliphatic heterocycles. The number of carbonyl (C=O) groups excluding carboxylic acids is 1. The van der Waals surface area contributed by atoms with Crippen molar-refractivity contribution in [3.8, 4) is 17.2 Å². The van der Waals surface area contributed by atoms with Gasteiger partial charge in [0.05, 0.1) is 12.2 Å². The molecule has 3 aromatic rings. The Hall–Kier alpha value is -3.47. The Morgan fingerprint density at radius 2 is 1.45 bits per heavy atom. The fourth-order valence-corrected chi connectivity index (χ4v) is 2.88. The molecule has 3 aromatic carbocycles. The van der Waals surface area contributed by atoms with Crippen molar-refractivity contribution in [2.45, 2.75) is 20.3 Å². The molecule has 0 radical (unpaired) electrons. The number of hydrogen-bond donors (Lipinski definition) is 1. The van der Waals surface area contributed by atoms with Gasteiger partial charge in [0.1, 0.15) is 30.5 Å². The van der Waals surface area contributed by atoms with E-state index in [0.29, 0.717) is 48.5 Å². The van der Waals surface area contributed by atoms with Crippen LogP contribution in [0.4, 0.5) is 5.69 Å². The van der Waals surface area contributed by atoms with Crippen LogP contribution in [0.15, 0.2) is 78.9 Å². The van der Waals surface area contributed by atoms with E-state index in [9.17, 15) is 4.79 Å². The minimum Gasteiger partial charge on any atom is -0.493 e. The van der Waals surface area contributed by atoms with Crippen LogP contribution in [-0.2, 0) is 0 Å². The van der Waals surface area contributed by atoms with Crippen molar-refractivity contribution in [1.29, 1.82) is 0 Å². The lowest BCUT2D eigenvalue weighted by Crippen LogP contribution is -2.14. The standard InChI is InChI=1S/C26H29NO4/c1-20(2)15-16-31-25-14-7-6-13-24(25)26(28)27-21-9-8-12-23(19-21)30-18-17-29-22-10-4-3-5-11-22/h3-14,19-20H,15-18H2,1-2H3,(H,27,28). The van der Waals surface area contributed by atoms with Gasteiger partial charge in [0.2, 0.25) is 0 Å². The quantitative estimate of drug-likeness (QED) is 0.398. The van der Waals surface area contributed by atoms with Gasteiger partial charge in [-0.05, 0) is 48.7 Å². The summed E-state index contributed by atoms with van der Waals surface area (Å²) in [5.74, 6) is 2.38.